The summed E-state index contributed by atoms with van der Waals surface area (Å²) in [5, 5.41) is 2.73. The number of hydrogen-bond acceptors (Lipinski definition) is 4. The largest absolute Gasteiger partial charge is 0.331 e. The lowest BCUT2D eigenvalue weighted by Crippen LogP contribution is -2.38. The van der Waals surface area contributed by atoms with Gasteiger partial charge >= 0.3 is 5.69 Å². The number of hydrogen-bond donors (Lipinski definition) is 0. The first-order chi connectivity index (χ1) is 9.97. The van der Waals surface area contributed by atoms with Gasteiger partial charge in [-0.2, -0.15) is 0 Å². The third-order valence-electron chi connectivity index (χ3n) is 3.79. The third kappa shape index (κ3) is 1.93. The summed E-state index contributed by atoms with van der Waals surface area (Å²) in [6.45, 7) is 6.25. The van der Waals surface area contributed by atoms with E-state index in [2.05, 4.69) is 18.4 Å². The molecule has 3 heterocycles. The van der Waals surface area contributed by atoms with Gasteiger partial charge < -0.3 is 0 Å². The molecule has 0 aliphatic carbocycles. The fourth-order valence-corrected chi connectivity index (χ4v) is 5.03. The summed E-state index contributed by atoms with van der Waals surface area (Å²) in [6.07, 6.45) is 0. The molecule has 3 aromatic rings. The molecule has 0 radical (unpaired) electrons. The average molecular weight is 320 g/mol. The molecule has 3 aromatic heterocycles. The van der Waals surface area contributed by atoms with Crippen LogP contribution < -0.4 is 11.2 Å². The van der Waals surface area contributed by atoms with E-state index >= 15 is 0 Å². The zero-order chi connectivity index (χ0) is 15.3. The minimum Gasteiger partial charge on any atom is -0.287 e. The second kappa shape index (κ2) is 4.96. The molecule has 0 aromatic carbocycles. The molecule has 0 spiro atoms. The van der Waals surface area contributed by atoms with Gasteiger partial charge in [0.25, 0.3) is 5.56 Å². The molecular formula is C15H16N2O2S2. The molecule has 0 aliphatic rings. The Kier molecular flexibility index (Phi) is 3.37. The van der Waals surface area contributed by atoms with Crippen LogP contribution in [0.25, 0.3) is 20.0 Å². The lowest BCUT2D eigenvalue weighted by molar-refractivity contribution is 0.642. The van der Waals surface area contributed by atoms with Crippen molar-refractivity contribution in [1.82, 2.24) is 9.13 Å². The van der Waals surface area contributed by atoms with Crippen molar-refractivity contribution in [2.75, 3.05) is 0 Å². The number of rotatable bonds is 2. The quantitative estimate of drug-likeness (QED) is 0.728. The van der Waals surface area contributed by atoms with Crippen LogP contribution in [0.4, 0.5) is 0 Å². The van der Waals surface area contributed by atoms with Gasteiger partial charge in [-0.05, 0) is 43.3 Å². The van der Waals surface area contributed by atoms with E-state index in [4.69, 9.17) is 0 Å². The van der Waals surface area contributed by atoms with Gasteiger partial charge in [0.2, 0.25) is 0 Å². The fraction of sp³-hybridized carbons (Fsp3) is 0.333. The highest BCUT2D eigenvalue weighted by molar-refractivity contribution is 7.25. The minimum atomic E-state index is -0.245. The molecule has 0 saturated heterocycles. The van der Waals surface area contributed by atoms with Crippen LogP contribution >= 0.6 is 22.7 Å². The maximum atomic E-state index is 12.6. The van der Waals surface area contributed by atoms with Gasteiger partial charge in [0, 0.05) is 18.5 Å². The van der Waals surface area contributed by atoms with Crippen molar-refractivity contribution < 1.29 is 0 Å². The Labute approximate surface area is 129 Å². The van der Waals surface area contributed by atoms with Crippen molar-refractivity contribution in [3.05, 3.63) is 43.4 Å². The highest BCUT2D eigenvalue weighted by Crippen LogP contribution is 2.40. The van der Waals surface area contributed by atoms with Crippen molar-refractivity contribution in [2.45, 2.75) is 27.3 Å². The Morgan fingerprint density at radius 3 is 2.48 bits per heavy atom. The van der Waals surface area contributed by atoms with E-state index in [1.54, 1.807) is 23.0 Å². The number of thiophene rings is 2. The van der Waals surface area contributed by atoms with Crippen LogP contribution in [0.3, 0.4) is 0 Å². The molecule has 21 heavy (non-hydrogen) atoms. The summed E-state index contributed by atoms with van der Waals surface area (Å²) in [6, 6.07) is 2.08. The standard InChI is InChI=1S/C15H16N2O2S2/c1-5-17-13(18)10-9(3)12(11-8(2)6-7-20-11)21-14(10)16(4)15(17)19/h6-7H,5H2,1-4H3. The first kappa shape index (κ1) is 14.3. The maximum Gasteiger partial charge on any atom is 0.331 e. The van der Waals surface area contributed by atoms with E-state index in [0.29, 0.717) is 11.9 Å². The van der Waals surface area contributed by atoms with E-state index in [1.807, 2.05) is 13.8 Å². The molecule has 0 bridgehead atoms. The Bertz CT molecular complexity index is 957. The van der Waals surface area contributed by atoms with Crippen molar-refractivity contribution in [3.8, 4) is 9.75 Å². The molecule has 3 rings (SSSR count). The first-order valence-corrected chi connectivity index (χ1v) is 8.44. The molecule has 6 heteroatoms. The van der Waals surface area contributed by atoms with Crippen LogP contribution in [0.15, 0.2) is 21.0 Å². The normalized spacial score (nSPS) is 11.4. The summed E-state index contributed by atoms with van der Waals surface area (Å²) in [5.41, 5.74) is 1.76. The smallest absolute Gasteiger partial charge is 0.287 e. The first-order valence-electron chi connectivity index (χ1n) is 6.74. The van der Waals surface area contributed by atoms with Crippen molar-refractivity contribution in [1.29, 1.82) is 0 Å². The Balaban J connectivity index is 2.49. The number of nitrogens with zero attached hydrogens (tertiary/aromatic N) is 2. The predicted octanol–water partition coefficient (Wildman–Crippen LogP) is 3.13. The minimum absolute atomic E-state index is 0.176. The summed E-state index contributed by atoms with van der Waals surface area (Å²) >= 11 is 3.20. The van der Waals surface area contributed by atoms with E-state index in [0.717, 1.165) is 15.3 Å². The second-order valence-electron chi connectivity index (χ2n) is 5.06. The monoisotopic (exact) mass is 320 g/mol. The van der Waals surface area contributed by atoms with Crippen LogP contribution in [-0.2, 0) is 13.6 Å². The molecule has 0 saturated carbocycles. The van der Waals surface area contributed by atoms with Gasteiger partial charge in [0.15, 0.2) is 0 Å². The molecule has 0 unspecified atom stereocenters. The Hall–Kier alpha value is -1.66. The molecule has 0 amide bonds. The van der Waals surface area contributed by atoms with Gasteiger partial charge in [-0.15, -0.1) is 22.7 Å². The summed E-state index contributed by atoms with van der Waals surface area (Å²) in [4.78, 5) is 27.9. The molecular weight excluding hydrogens is 304 g/mol. The van der Waals surface area contributed by atoms with E-state index in [-0.39, 0.29) is 11.2 Å². The van der Waals surface area contributed by atoms with Crippen molar-refractivity contribution in [3.63, 3.8) is 0 Å². The van der Waals surface area contributed by atoms with Crippen LogP contribution in [-0.4, -0.2) is 9.13 Å². The van der Waals surface area contributed by atoms with Crippen LogP contribution in [0.1, 0.15) is 18.1 Å². The van der Waals surface area contributed by atoms with Crippen molar-refractivity contribution >= 4 is 32.9 Å². The molecule has 4 nitrogen and oxygen atoms in total. The highest BCUT2D eigenvalue weighted by Gasteiger charge is 2.19. The predicted molar refractivity (Wildman–Crippen MR) is 89.8 cm³/mol. The molecule has 0 fully saturated rings. The summed E-state index contributed by atoms with van der Waals surface area (Å²) < 4.78 is 2.89. The molecule has 0 N–H and O–H groups in total. The summed E-state index contributed by atoms with van der Waals surface area (Å²) in [5.74, 6) is 0. The van der Waals surface area contributed by atoms with Crippen LogP contribution in [0.2, 0.25) is 0 Å². The third-order valence-corrected chi connectivity index (χ3v) is 6.34. The fourth-order valence-electron chi connectivity index (χ4n) is 2.58. The Morgan fingerprint density at radius 1 is 1.19 bits per heavy atom. The average Bonchev–Trinajstić information content (AvgIpc) is 3.01. The van der Waals surface area contributed by atoms with Gasteiger partial charge in [0.1, 0.15) is 4.83 Å². The number of aryl methyl sites for hydroxylation is 3. The highest BCUT2D eigenvalue weighted by atomic mass is 32.1. The maximum absolute atomic E-state index is 12.6. The Morgan fingerprint density at radius 2 is 1.90 bits per heavy atom. The van der Waals surface area contributed by atoms with Gasteiger partial charge in [0.05, 0.1) is 10.3 Å². The lowest BCUT2D eigenvalue weighted by Gasteiger charge is -2.05. The van der Waals surface area contributed by atoms with Crippen molar-refractivity contribution in [2.24, 2.45) is 7.05 Å². The topological polar surface area (TPSA) is 44.0 Å². The van der Waals surface area contributed by atoms with Crippen LogP contribution in [0.5, 0.6) is 0 Å². The number of fused-ring (bicyclic) bond motifs is 1. The zero-order valence-electron chi connectivity index (χ0n) is 12.4. The van der Waals surface area contributed by atoms with Gasteiger partial charge in [-0.1, -0.05) is 0 Å². The summed E-state index contributed by atoms with van der Waals surface area (Å²) in [7, 11) is 1.73. The molecule has 0 aliphatic heterocycles. The zero-order valence-corrected chi connectivity index (χ0v) is 14.0. The van der Waals surface area contributed by atoms with Gasteiger partial charge in [-0.25, -0.2) is 4.79 Å². The second-order valence-corrected chi connectivity index (χ2v) is 6.98. The van der Waals surface area contributed by atoms with Crippen LogP contribution in [0, 0.1) is 13.8 Å². The molecule has 110 valence electrons. The SMILES string of the molecule is CCn1c(=O)c2c(C)c(-c3sccc3C)sc2n(C)c1=O. The lowest BCUT2D eigenvalue weighted by atomic mass is 10.1. The van der Waals surface area contributed by atoms with Gasteiger partial charge in [-0.3, -0.25) is 13.9 Å². The number of aromatic nitrogens is 2. The van der Waals surface area contributed by atoms with E-state index < -0.39 is 0 Å². The molecule has 0 atom stereocenters. The van der Waals surface area contributed by atoms with E-state index in [1.165, 1.54) is 26.3 Å². The van der Waals surface area contributed by atoms with E-state index in [9.17, 15) is 9.59 Å².